The van der Waals surface area contributed by atoms with E-state index in [2.05, 4.69) is 10.6 Å². The minimum absolute atomic E-state index is 0.691. The van der Waals surface area contributed by atoms with Gasteiger partial charge in [-0.3, -0.25) is 0 Å². The summed E-state index contributed by atoms with van der Waals surface area (Å²) in [4.78, 5) is 0. The fraction of sp³-hybridized carbons (Fsp3) is 0.125. The number of hydrogen-bond acceptors (Lipinski definition) is 2. The molecule has 0 saturated carbocycles. The Labute approximate surface area is 122 Å². The number of benzene rings is 2. The first-order valence-electron chi connectivity index (χ1n) is 6.35. The molecule has 0 atom stereocenters. The molecule has 0 bridgehead atoms. The number of rotatable bonds is 3. The molecule has 3 nitrogen and oxygen atoms in total. The summed E-state index contributed by atoms with van der Waals surface area (Å²) in [5.41, 5.74) is 8.65. The van der Waals surface area contributed by atoms with Gasteiger partial charge in [0.1, 0.15) is 5.75 Å². The van der Waals surface area contributed by atoms with Gasteiger partial charge >= 0.3 is 0 Å². The molecule has 102 valence electrons. The van der Waals surface area contributed by atoms with Crippen molar-refractivity contribution in [1.29, 1.82) is 0 Å². The van der Waals surface area contributed by atoms with Crippen LogP contribution in [-0.4, -0.2) is 11.7 Å². The molecule has 2 aromatic carbocycles. The first kappa shape index (κ1) is 12.9. The van der Waals surface area contributed by atoms with Gasteiger partial charge in [0.15, 0.2) is 0 Å². The van der Waals surface area contributed by atoms with Crippen LogP contribution in [0.4, 0.5) is 5.69 Å². The number of anilines is 1. The van der Waals surface area contributed by atoms with Crippen LogP contribution in [0.3, 0.4) is 0 Å². The molecular formula is C16H15ClN2O. The summed E-state index contributed by atoms with van der Waals surface area (Å²) in [6.45, 7) is 0.691. The Bertz CT molecular complexity index is 764. The molecule has 0 amide bonds. The molecule has 20 heavy (non-hydrogen) atoms. The number of para-hydroxylation sites is 1. The van der Waals surface area contributed by atoms with Crippen LogP contribution in [0.2, 0.25) is 5.02 Å². The van der Waals surface area contributed by atoms with Crippen LogP contribution in [0.5, 0.6) is 5.75 Å². The Morgan fingerprint density at radius 1 is 1.20 bits per heavy atom. The van der Waals surface area contributed by atoms with Gasteiger partial charge < -0.3 is 15.0 Å². The van der Waals surface area contributed by atoms with E-state index >= 15 is 0 Å². The number of fused-ring (bicyclic) bond motifs is 1. The third kappa shape index (κ3) is 2.21. The first-order chi connectivity index (χ1) is 9.69. The predicted molar refractivity (Wildman–Crippen MR) is 83.5 cm³/mol. The van der Waals surface area contributed by atoms with Crippen LogP contribution in [0, 0.1) is 0 Å². The molecule has 0 unspecified atom stereocenters. The van der Waals surface area contributed by atoms with Gasteiger partial charge in [-0.05, 0) is 12.1 Å². The number of ether oxygens (including phenoxy) is 1. The van der Waals surface area contributed by atoms with Crippen molar-refractivity contribution in [2.75, 3.05) is 12.8 Å². The van der Waals surface area contributed by atoms with Gasteiger partial charge in [-0.25, -0.2) is 0 Å². The number of hydrogen-bond donors (Lipinski definition) is 1. The Balaban J connectivity index is 2.06. The van der Waals surface area contributed by atoms with Gasteiger partial charge in [0.05, 0.1) is 18.7 Å². The zero-order valence-corrected chi connectivity index (χ0v) is 11.9. The molecule has 0 aliphatic carbocycles. The van der Waals surface area contributed by atoms with Crippen LogP contribution in [0.25, 0.3) is 10.9 Å². The highest BCUT2D eigenvalue weighted by atomic mass is 35.5. The highest BCUT2D eigenvalue weighted by Crippen LogP contribution is 2.28. The second kappa shape index (κ2) is 5.10. The highest BCUT2D eigenvalue weighted by molar-refractivity contribution is 6.35. The van der Waals surface area contributed by atoms with Gasteiger partial charge in [-0.15, -0.1) is 0 Å². The van der Waals surface area contributed by atoms with Crippen molar-refractivity contribution in [3.8, 4) is 5.75 Å². The molecule has 0 saturated heterocycles. The Morgan fingerprint density at radius 2 is 2.00 bits per heavy atom. The van der Waals surface area contributed by atoms with Gasteiger partial charge in [-0.2, -0.15) is 0 Å². The largest absolute Gasteiger partial charge is 0.496 e. The number of nitrogens with two attached hydrogens (primary N) is 1. The fourth-order valence-corrected chi connectivity index (χ4v) is 2.69. The van der Waals surface area contributed by atoms with E-state index in [0.717, 1.165) is 27.2 Å². The van der Waals surface area contributed by atoms with Crippen molar-refractivity contribution in [2.24, 2.45) is 0 Å². The lowest BCUT2D eigenvalue weighted by Crippen LogP contribution is -2.01. The van der Waals surface area contributed by atoms with E-state index in [1.54, 1.807) is 7.11 Å². The Hall–Kier alpha value is -2.13. The molecule has 0 radical (unpaired) electrons. The molecule has 3 rings (SSSR count). The minimum Gasteiger partial charge on any atom is -0.496 e. The Morgan fingerprint density at radius 3 is 2.80 bits per heavy atom. The average molecular weight is 287 g/mol. The smallest absolute Gasteiger partial charge is 0.125 e. The third-order valence-electron chi connectivity index (χ3n) is 3.39. The standard InChI is InChI=1S/C16H15ClN2O/c1-20-16-8-12(18)7-6-11(16)9-19-10-14(17)13-4-2-3-5-15(13)19/h2-8,10H,9,18H2,1H3. The van der Waals surface area contributed by atoms with Crippen LogP contribution in [0.15, 0.2) is 48.7 Å². The zero-order chi connectivity index (χ0) is 14.1. The van der Waals surface area contributed by atoms with Crippen molar-refractivity contribution in [2.45, 2.75) is 6.54 Å². The summed E-state index contributed by atoms with van der Waals surface area (Å²) >= 11 is 6.27. The molecular weight excluding hydrogens is 272 g/mol. The maximum atomic E-state index is 6.27. The van der Waals surface area contributed by atoms with Crippen LogP contribution in [0.1, 0.15) is 5.56 Å². The van der Waals surface area contributed by atoms with Crippen molar-refractivity contribution in [3.05, 3.63) is 59.2 Å². The number of methoxy groups -OCH3 is 1. The number of halogens is 1. The monoisotopic (exact) mass is 286 g/mol. The van der Waals surface area contributed by atoms with Crippen LogP contribution < -0.4 is 10.5 Å². The molecule has 1 heterocycles. The van der Waals surface area contributed by atoms with Gasteiger partial charge in [0.25, 0.3) is 0 Å². The molecule has 0 aliphatic heterocycles. The Kier molecular flexibility index (Phi) is 3.28. The lowest BCUT2D eigenvalue weighted by atomic mass is 10.1. The average Bonchev–Trinajstić information content (AvgIpc) is 2.78. The second-order valence-electron chi connectivity index (χ2n) is 4.69. The van der Waals surface area contributed by atoms with E-state index < -0.39 is 0 Å². The summed E-state index contributed by atoms with van der Waals surface area (Å²) in [6.07, 6.45) is 1.95. The van der Waals surface area contributed by atoms with E-state index in [1.165, 1.54) is 0 Å². The maximum Gasteiger partial charge on any atom is 0.125 e. The number of nitrogens with zero attached hydrogens (tertiary/aromatic N) is 1. The lowest BCUT2D eigenvalue weighted by Gasteiger charge is -2.11. The summed E-state index contributed by atoms with van der Waals surface area (Å²) < 4.78 is 7.51. The summed E-state index contributed by atoms with van der Waals surface area (Å²) in [6, 6.07) is 13.8. The summed E-state index contributed by atoms with van der Waals surface area (Å²) in [5.74, 6) is 0.791. The van der Waals surface area contributed by atoms with Crippen molar-refractivity contribution in [3.63, 3.8) is 0 Å². The molecule has 4 heteroatoms. The van der Waals surface area contributed by atoms with Crippen molar-refractivity contribution in [1.82, 2.24) is 4.57 Å². The van der Waals surface area contributed by atoms with Crippen LogP contribution >= 0.6 is 11.6 Å². The second-order valence-corrected chi connectivity index (χ2v) is 5.10. The summed E-state index contributed by atoms with van der Waals surface area (Å²) in [5, 5.41) is 1.82. The zero-order valence-electron chi connectivity index (χ0n) is 11.1. The molecule has 2 N–H and O–H groups in total. The van der Waals surface area contributed by atoms with Crippen molar-refractivity contribution < 1.29 is 4.74 Å². The highest BCUT2D eigenvalue weighted by Gasteiger charge is 2.09. The molecule has 1 aromatic heterocycles. The summed E-state index contributed by atoms with van der Waals surface area (Å²) in [7, 11) is 1.65. The molecule has 0 fully saturated rings. The first-order valence-corrected chi connectivity index (χ1v) is 6.72. The molecule has 0 aliphatic rings. The van der Waals surface area contributed by atoms with Crippen LogP contribution in [-0.2, 0) is 6.54 Å². The molecule has 0 spiro atoms. The van der Waals surface area contributed by atoms with Crippen molar-refractivity contribution >= 4 is 28.2 Å². The third-order valence-corrected chi connectivity index (χ3v) is 3.69. The van der Waals surface area contributed by atoms with E-state index in [9.17, 15) is 0 Å². The lowest BCUT2D eigenvalue weighted by molar-refractivity contribution is 0.409. The number of nitrogen functional groups attached to an aromatic ring is 1. The quantitative estimate of drug-likeness (QED) is 0.741. The van der Waals surface area contributed by atoms with Gasteiger partial charge in [0.2, 0.25) is 0 Å². The normalized spacial score (nSPS) is 10.9. The van der Waals surface area contributed by atoms with Gasteiger partial charge in [0, 0.05) is 34.4 Å². The molecule has 3 aromatic rings. The van der Waals surface area contributed by atoms with Gasteiger partial charge in [-0.1, -0.05) is 35.9 Å². The predicted octanol–water partition coefficient (Wildman–Crippen LogP) is 3.93. The SMILES string of the molecule is COc1cc(N)ccc1Cn1cc(Cl)c2ccccc21. The number of aromatic nitrogens is 1. The fourth-order valence-electron chi connectivity index (χ4n) is 2.41. The van der Waals surface area contributed by atoms with E-state index in [-0.39, 0.29) is 0 Å². The minimum atomic E-state index is 0.691. The van der Waals surface area contributed by atoms with E-state index in [4.69, 9.17) is 22.1 Å². The topological polar surface area (TPSA) is 40.2 Å². The van der Waals surface area contributed by atoms with E-state index in [0.29, 0.717) is 12.2 Å². The van der Waals surface area contributed by atoms with E-state index in [1.807, 2.05) is 42.6 Å². The maximum absolute atomic E-state index is 6.27.